The predicted molar refractivity (Wildman–Crippen MR) is 87.8 cm³/mol. The molecule has 0 aliphatic carbocycles. The Morgan fingerprint density at radius 3 is 2.68 bits per heavy atom. The highest BCUT2D eigenvalue weighted by atomic mass is 35.5. The summed E-state index contributed by atoms with van der Waals surface area (Å²) in [5.41, 5.74) is -0.461. The summed E-state index contributed by atoms with van der Waals surface area (Å²) in [5.74, 6) is -1.24. The zero-order valence-corrected chi connectivity index (χ0v) is 13.6. The number of methoxy groups -OCH3 is 1. The number of pyridine rings is 1. The van der Waals surface area contributed by atoms with Crippen LogP contribution in [0.2, 0.25) is 5.02 Å². The smallest absolute Gasteiger partial charge is 0.342 e. The second kappa shape index (κ2) is 8.06. The molecule has 25 heavy (non-hydrogen) atoms. The van der Waals surface area contributed by atoms with Crippen LogP contribution in [-0.2, 0) is 9.53 Å². The lowest BCUT2D eigenvalue weighted by Gasteiger charge is -2.09. The SMILES string of the molecule is COc1ccc([N+](=O)[O-])cc1C(=O)OCC(=O)Nc1ccc(Cl)cn1. The number of amides is 1. The third kappa shape index (κ3) is 4.88. The van der Waals surface area contributed by atoms with Gasteiger partial charge in [-0.2, -0.15) is 0 Å². The molecule has 1 aromatic heterocycles. The molecule has 0 radical (unpaired) electrons. The van der Waals surface area contributed by atoms with E-state index in [4.69, 9.17) is 21.1 Å². The number of anilines is 1. The van der Waals surface area contributed by atoms with E-state index >= 15 is 0 Å². The maximum Gasteiger partial charge on any atom is 0.342 e. The number of carbonyl (C=O) groups is 2. The minimum Gasteiger partial charge on any atom is -0.496 e. The van der Waals surface area contributed by atoms with Crippen LogP contribution in [0.3, 0.4) is 0 Å². The third-order valence-corrected chi connectivity index (χ3v) is 3.17. The number of aromatic nitrogens is 1. The van der Waals surface area contributed by atoms with Crippen molar-refractivity contribution in [2.45, 2.75) is 0 Å². The quantitative estimate of drug-likeness (QED) is 0.474. The number of ether oxygens (including phenoxy) is 2. The van der Waals surface area contributed by atoms with E-state index in [9.17, 15) is 19.7 Å². The first kappa shape index (κ1) is 18.1. The molecule has 0 saturated heterocycles. The Morgan fingerprint density at radius 1 is 1.32 bits per heavy atom. The summed E-state index contributed by atoms with van der Waals surface area (Å²) >= 11 is 5.68. The van der Waals surface area contributed by atoms with Gasteiger partial charge in [0, 0.05) is 18.3 Å². The van der Waals surface area contributed by atoms with Gasteiger partial charge in [0.15, 0.2) is 6.61 Å². The molecule has 1 N–H and O–H groups in total. The van der Waals surface area contributed by atoms with Gasteiger partial charge >= 0.3 is 5.97 Å². The number of halogens is 1. The summed E-state index contributed by atoms with van der Waals surface area (Å²) in [4.78, 5) is 37.8. The van der Waals surface area contributed by atoms with Gasteiger partial charge in [-0.25, -0.2) is 9.78 Å². The standard InChI is InChI=1S/C15H12ClN3O6/c1-24-12-4-3-10(19(22)23)6-11(12)15(21)25-8-14(20)18-13-5-2-9(16)7-17-13/h2-7H,8H2,1H3,(H,17,18,20). The number of non-ortho nitro benzene ring substituents is 1. The van der Waals surface area contributed by atoms with Crippen molar-refractivity contribution < 1.29 is 24.0 Å². The van der Waals surface area contributed by atoms with Gasteiger partial charge in [0.05, 0.1) is 17.1 Å². The van der Waals surface area contributed by atoms with Crippen molar-refractivity contribution >= 4 is 35.0 Å². The van der Waals surface area contributed by atoms with Crippen LogP contribution >= 0.6 is 11.6 Å². The van der Waals surface area contributed by atoms with Gasteiger partial charge in [-0.3, -0.25) is 14.9 Å². The Balaban J connectivity index is 2.01. The molecule has 2 rings (SSSR count). The molecule has 1 aromatic carbocycles. The average Bonchev–Trinajstić information content (AvgIpc) is 2.61. The highest BCUT2D eigenvalue weighted by Gasteiger charge is 2.19. The van der Waals surface area contributed by atoms with E-state index in [-0.39, 0.29) is 22.8 Å². The molecule has 2 aromatic rings. The minimum absolute atomic E-state index is 0.0929. The van der Waals surface area contributed by atoms with E-state index in [2.05, 4.69) is 10.3 Å². The van der Waals surface area contributed by atoms with Gasteiger partial charge in [0.2, 0.25) is 0 Å². The molecule has 0 aliphatic heterocycles. The molecular weight excluding hydrogens is 354 g/mol. The Morgan fingerprint density at radius 2 is 2.08 bits per heavy atom. The number of esters is 1. The Bertz CT molecular complexity index is 809. The number of nitrogens with zero attached hydrogens (tertiary/aromatic N) is 2. The molecule has 0 bridgehead atoms. The van der Waals surface area contributed by atoms with Gasteiger partial charge in [0.1, 0.15) is 17.1 Å². The summed E-state index contributed by atoms with van der Waals surface area (Å²) in [6.07, 6.45) is 1.34. The topological polar surface area (TPSA) is 121 Å². The van der Waals surface area contributed by atoms with E-state index < -0.39 is 23.4 Å². The van der Waals surface area contributed by atoms with Crippen molar-refractivity contribution in [3.05, 3.63) is 57.2 Å². The summed E-state index contributed by atoms with van der Waals surface area (Å²) in [6, 6.07) is 6.48. The monoisotopic (exact) mass is 365 g/mol. The number of hydrogen-bond acceptors (Lipinski definition) is 7. The van der Waals surface area contributed by atoms with Gasteiger partial charge in [-0.05, 0) is 18.2 Å². The summed E-state index contributed by atoms with van der Waals surface area (Å²) < 4.78 is 9.82. The highest BCUT2D eigenvalue weighted by molar-refractivity contribution is 6.30. The molecule has 9 nitrogen and oxygen atoms in total. The number of nitro benzene ring substituents is 1. The van der Waals surface area contributed by atoms with Crippen molar-refractivity contribution in [2.75, 3.05) is 19.0 Å². The molecule has 0 atom stereocenters. The lowest BCUT2D eigenvalue weighted by molar-refractivity contribution is -0.384. The van der Waals surface area contributed by atoms with Crippen LogP contribution in [0.15, 0.2) is 36.5 Å². The molecule has 0 saturated carbocycles. The lowest BCUT2D eigenvalue weighted by atomic mass is 10.2. The Labute approximate surface area is 146 Å². The largest absolute Gasteiger partial charge is 0.496 e. The molecule has 0 fully saturated rings. The zero-order valence-electron chi connectivity index (χ0n) is 12.9. The molecule has 0 aliphatic rings. The molecule has 10 heteroatoms. The Kier molecular flexibility index (Phi) is 5.85. The lowest BCUT2D eigenvalue weighted by Crippen LogP contribution is -2.21. The zero-order chi connectivity index (χ0) is 18.4. The van der Waals surface area contributed by atoms with Crippen molar-refractivity contribution in [3.63, 3.8) is 0 Å². The van der Waals surface area contributed by atoms with Crippen LogP contribution in [0.25, 0.3) is 0 Å². The molecule has 1 amide bonds. The molecule has 0 spiro atoms. The molecule has 0 unspecified atom stereocenters. The van der Waals surface area contributed by atoms with E-state index in [0.29, 0.717) is 5.02 Å². The number of hydrogen-bond donors (Lipinski definition) is 1. The molecular formula is C15H12ClN3O6. The second-order valence-corrected chi connectivity index (χ2v) is 5.06. The first-order valence-electron chi connectivity index (χ1n) is 6.81. The fourth-order valence-electron chi connectivity index (χ4n) is 1.81. The third-order valence-electron chi connectivity index (χ3n) is 2.94. The predicted octanol–water partition coefficient (Wildman–Crippen LogP) is 2.45. The average molecular weight is 366 g/mol. The van der Waals surface area contributed by atoms with Crippen molar-refractivity contribution in [1.29, 1.82) is 0 Å². The highest BCUT2D eigenvalue weighted by Crippen LogP contribution is 2.24. The fraction of sp³-hybridized carbons (Fsp3) is 0.133. The fourth-order valence-corrected chi connectivity index (χ4v) is 1.92. The van der Waals surface area contributed by atoms with E-state index in [0.717, 1.165) is 6.07 Å². The van der Waals surface area contributed by atoms with Crippen LogP contribution in [0.5, 0.6) is 5.75 Å². The van der Waals surface area contributed by atoms with Crippen molar-refractivity contribution in [2.24, 2.45) is 0 Å². The van der Waals surface area contributed by atoms with Crippen LogP contribution in [0.1, 0.15) is 10.4 Å². The maximum atomic E-state index is 12.1. The second-order valence-electron chi connectivity index (χ2n) is 4.63. The van der Waals surface area contributed by atoms with E-state index in [1.165, 1.54) is 37.6 Å². The number of nitro groups is 1. The van der Waals surface area contributed by atoms with Gasteiger partial charge in [-0.15, -0.1) is 0 Å². The number of benzene rings is 1. The van der Waals surface area contributed by atoms with Crippen LogP contribution in [-0.4, -0.2) is 35.5 Å². The molecule has 130 valence electrons. The Hall–Kier alpha value is -3.20. The van der Waals surface area contributed by atoms with Crippen LogP contribution in [0, 0.1) is 10.1 Å². The van der Waals surface area contributed by atoms with Crippen LogP contribution in [0.4, 0.5) is 11.5 Å². The number of rotatable bonds is 6. The van der Waals surface area contributed by atoms with E-state index in [1.54, 1.807) is 0 Å². The van der Waals surface area contributed by atoms with Crippen molar-refractivity contribution in [1.82, 2.24) is 4.98 Å². The summed E-state index contributed by atoms with van der Waals surface area (Å²) in [7, 11) is 1.30. The summed E-state index contributed by atoms with van der Waals surface area (Å²) in [5, 5.41) is 13.6. The van der Waals surface area contributed by atoms with Gasteiger partial charge in [0.25, 0.3) is 11.6 Å². The number of carbonyl (C=O) groups excluding carboxylic acids is 2. The van der Waals surface area contributed by atoms with Crippen molar-refractivity contribution in [3.8, 4) is 5.75 Å². The first-order valence-corrected chi connectivity index (χ1v) is 7.19. The summed E-state index contributed by atoms with van der Waals surface area (Å²) in [6.45, 7) is -0.602. The maximum absolute atomic E-state index is 12.1. The normalized spacial score (nSPS) is 10.0. The first-order chi connectivity index (χ1) is 11.9. The van der Waals surface area contributed by atoms with Crippen LogP contribution < -0.4 is 10.1 Å². The van der Waals surface area contributed by atoms with E-state index in [1.807, 2.05) is 0 Å². The van der Waals surface area contributed by atoms with Gasteiger partial charge < -0.3 is 14.8 Å². The van der Waals surface area contributed by atoms with Gasteiger partial charge in [-0.1, -0.05) is 11.6 Å². The number of nitrogens with one attached hydrogen (secondary N) is 1. The minimum atomic E-state index is -0.931. The molecule has 1 heterocycles.